The number of aromatic nitrogens is 4. The van der Waals surface area contributed by atoms with Gasteiger partial charge in [-0.1, -0.05) is 17.7 Å². The standard InChI is InChI=1S/C22H24N4O2/c1-12-7-8-13(2)17(9-12)22-23-18(16(5)28-22)11-27-19-10-14(3)20-15(4)25-26(6)21(20)24-19/h7-10H,11H2,1-6H3. The maximum absolute atomic E-state index is 5.95. The summed E-state index contributed by atoms with van der Waals surface area (Å²) in [6.45, 7) is 10.4. The Bertz CT molecular complexity index is 1190. The van der Waals surface area contributed by atoms with Crippen LogP contribution in [0.15, 0.2) is 28.7 Å². The van der Waals surface area contributed by atoms with E-state index in [0.717, 1.165) is 44.9 Å². The van der Waals surface area contributed by atoms with Crippen molar-refractivity contribution < 1.29 is 9.15 Å². The quantitative estimate of drug-likeness (QED) is 0.514. The van der Waals surface area contributed by atoms with Gasteiger partial charge in [-0.2, -0.15) is 10.1 Å². The van der Waals surface area contributed by atoms with Gasteiger partial charge in [-0.25, -0.2) is 4.98 Å². The van der Waals surface area contributed by atoms with E-state index in [2.05, 4.69) is 47.1 Å². The van der Waals surface area contributed by atoms with Gasteiger partial charge in [0, 0.05) is 24.1 Å². The molecule has 3 aromatic heterocycles. The number of rotatable bonds is 4. The lowest BCUT2D eigenvalue weighted by Crippen LogP contribution is -2.01. The van der Waals surface area contributed by atoms with Gasteiger partial charge in [0.25, 0.3) is 0 Å². The first-order valence-corrected chi connectivity index (χ1v) is 9.31. The summed E-state index contributed by atoms with van der Waals surface area (Å²) in [5, 5.41) is 5.52. The number of aryl methyl sites for hydroxylation is 6. The molecule has 1 aromatic carbocycles. The summed E-state index contributed by atoms with van der Waals surface area (Å²) in [7, 11) is 1.89. The highest BCUT2D eigenvalue weighted by atomic mass is 16.5. The Morgan fingerprint density at radius 1 is 1.00 bits per heavy atom. The molecule has 4 aromatic rings. The van der Waals surface area contributed by atoms with Gasteiger partial charge in [-0.3, -0.25) is 4.68 Å². The van der Waals surface area contributed by atoms with E-state index in [-0.39, 0.29) is 0 Å². The number of oxazole rings is 1. The number of ether oxygens (including phenoxy) is 1. The maximum Gasteiger partial charge on any atom is 0.226 e. The Kier molecular flexibility index (Phi) is 4.41. The minimum atomic E-state index is 0.301. The van der Waals surface area contributed by atoms with Crippen LogP contribution in [0.2, 0.25) is 0 Å². The number of hydrogen-bond donors (Lipinski definition) is 0. The van der Waals surface area contributed by atoms with E-state index >= 15 is 0 Å². The summed E-state index contributed by atoms with van der Waals surface area (Å²) in [5.41, 5.74) is 6.98. The summed E-state index contributed by atoms with van der Waals surface area (Å²) in [4.78, 5) is 9.28. The normalized spacial score (nSPS) is 11.4. The average molecular weight is 376 g/mol. The molecule has 6 nitrogen and oxygen atoms in total. The van der Waals surface area contributed by atoms with Crippen LogP contribution in [0.4, 0.5) is 0 Å². The van der Waals surface area contributed by atoms with E-state index in [1.54, 1.807) is 4.68 Å². The largest absolute Gasteiger partial charge is 0.471 e. The van der Waals surface area contributed by atoms with Crippen molar-refractivity contribution in [2.45, 2.75) is 41.2 Å². The molecule has 0 atom stereocenters. The highest BCUT2D eigenvalue weighted by Crippen LogP contribution is 2.27. The van der Waals surface area contributed by atoms with Crippen LogP contribution >= 0.6 is 0 Å². The van der Waals surface area contributed by atoms with E-state index in [1.807, 2.05) is 33.9 Å². The molecule has 144 valence electrons. The third kappa shape index (κ3) is 3.15. The molecule has 0 radical (unpaired) electrons. The van der Waals surface area contributed by atoms with Gasteiger partial charge < -0.3 is 9.15 Å². The lowest BCUT2D eigenvalue weighted by atomic mass is 10.1. The molecule has 6 heteroatoms. The summed E-state index contributed by atoms with van der Waals surface area (Å²) in [6.07, 6.45) is 0. The van der Waals surface area contributed by atoms with Crippen LogP contribution < -0.4 is 4.74 Å². The molecule has 3 heterocycles. The smallest absolute Gasteiger partial charge is 0.226 e. The minimum Gasteiger partial charge on any atom is -0.471 e. The SMILES string of the molecule is Cc1ccc(C)c(-c2nc(COc3cc(C)c4c(C)nn(C)c4n3)c(C)o2)c1. The fourth-order valence-corrected chi connectivity index (χ4v) is 3.49. The summed E-state index contributed by atoms with van der Waals surface area (Å²) in [6, 6.07) is 8.20. The summed E-state index contributed by atoms with van der Waals surface area (Å²) >= 11 is 0. The molecular formula is C22H24N4O2. The van der Waals surface area contributed by atoms with Crippen molar-refractivity contribution in [2.75, 3.05) is 0 Å². The van der Waals surface area contributed by atoms with Crippen molar-refractivity contribution >= 4 is 11.0 Å². The van der Waals surface area contributed by atoms with Crippen LogP contribution in [-0.4, -0.2) is 19.7 Å². The zero-order valence-electron chi connectivity index (χ0n) is 17.1. The lowest BCUT2D eigenvalue weighted by molar-refractivity contribution is 0.288. The van der Waals surface area contributed by atoms with Gasteiger partial charge in [-0.05, 0) is 51.8 Å². The molecule has 0 saturated carbocycles. The van der Waals surface area contributed by atoms with Crippen molar-refractivity contribution in [2.24, 2.45) is 7.05 Å². The average Bonchev–Trinajstić information content (AvgIpc) is 3.15. The molecule has 0 bridgehead atoms. The zero-order chi connectivity index (χ0) is 20.0. The van der Waals surface area contributed by atoms with Crippen molar-refractivity contribution in [3.05, 3.63) is 58.1 Å². The second-order valence-corrected chi connectivity index (χ2v) is 7.31. The van der Waals surface area contributed by atoms with Crippen molar-refractivity contribution in [3.8, 4) is 17.3 Å². The first-order valence-electron chi connectivity index (χ1n) is 9.31. The fourth-order valence-electron chi connectivity index (χ4n) is 3.49. The molecule has 0 N–H and O–H groups in total. The Labute approximate surface area is 164 Å². The molecule has 0 aliphatic carbocycles. The molecule has 0 fully saturated rings. The van der Waals surface area contributed by atoms with Gasteiger partial charge >= 0.3 is 0 Å². The Morgan fingerprint density at radius 2 is 1.79 bits per heavy atom. The molecule has 0 spiro atoms. The Hall–Kier alpha value is -3.15. The van der Waals surface area contributed by atoms with Crippen LogP contribution in [0.5, 0.6) is 5.88 Å². The van der Waals surface area contributed by atoms with E-state index < -0.39 is 0 Å². The summed E-state index contributed by atoms with van der Waals surface area (Å²) in [5.74, 6) is 1.94. The predicted molar refractivity (Wildman–Crippen MR) is 108 cm³/mol. The third-order valence-electron chi connectivity index (χ3n) is 5.02. The monoisotopic (exact) mass is 376 g/mol. The molecule has 4 rings (SSSR count). The number of fused-ring (bicyclic) bond motifs is 1. The highest BCUT2D eigenvalue weighted by molar-refractivity contribution is 5.82. The predicted octanol–water partition coefficient (Wildman–Crippen LogP) is 4.74. The first kappa shape index (κ1) is 18.2. The van der Waals surface area contributed by atoms with Crippen LogP contribution in [0.25, 0.3) is 22.5 Å². The van der Waals surface area contributed by atoms with Crippen LogP contribution in [-0.2, 0) is 13.7 Å². The van der Waals surface area contributed by atoms with Gasteiger partial charge in [0.15, 0.2) is 5.65 Å². The van der Waals surface area contributed by atoms with Crippen molar-refractivity contribution in [1.29, 1.82) is 0 Å². The van der Waals surface area contributed by atoms with Gasteiger partial charge in [0.05, 0.1) is 5.69 Å². The molecule has 28 heavy (non-hydrogen) atoms. The second-order valence-electron chi connectivity index (χ2n) is 7.31. The van der Waals surface area contributed by atoms with E-state index in [1.165, 1.54) is 5.56 Å². The zero-order valence-corrected chi connectivity index (χ0v) is 17.1. The van der Waals surface area contributed by atoms with E-state index in [4.69, 9.17) is 9.15 Å². The van der Waals surface area contributed by atoms with E-state index in [9.17, 15) is 0 Å². The highest BCUT2D eigenvalue weighted by Gasteiger charge is 2.16. The topological polar surface area (TPSA) is 66.0 Å². The van der Waals surface area contributed by atoms with Crippen LogP contribution in [0, 0.1) is 34.6 Å². The van der Waals surface area contributed by atoms with Gasteiger partial charge in [0.1, 0.15) is 18.1 Å². The summed E-state index contributed by atoms with van der Waals surface area (Å²) < 4.78 is 13.7. The first-order chi connectivity index (χ1) is 13.3. The Balaban J connectivity index is 1.61. The van der Waals surface area contributed by atoms with Gasteiger partial charge in [-0.15, -0.1) is 0 Å². The third-order valence-corrected chi connectivity index (χ3v) is 5.02. The maximum atomic E-state index is 5.95. The molecular weight excluding hydrogens is 352 g/mol. The number of benzene rings is 1. The minimum absolute atomic E-state index is 0.301. The Morgan fingerprint density at radius 3 is 2.57 bits per heavy atom. The van der Waals surface area contributed by atoms with Crippen molar-refractivity contribution in [3.63, 3.8) is 0 Å². The molecule has 0 aliphatic heterocycles. The lowest BCUT2D eigenvalue weighted by Gasteiger charge is -2.06. The van der Waals surface area contributed by atoms with Crippen LogP contribution in [0.3, 0.4) is 0 Å². The molecule has 0 saturated heterocycles. The van der Waals surface area contributed by atoms with Crippen molar-refractivity contribution in [1.82, 2.24) is 19.7 Å². The number of nitrogens with zero attached hydrogens (tertiary/aromatic N) is 4. The number of pyridine rings is 1. The van der Waals surface area contributed by atoms with E-state index in [0.29, 0.717) is 18.4 Å². The molecule has 0 unspecified atom stereocenters. The fraction of sp³-hybridized carbons (Fsp3) is 0.318. The van der Waals surface area contributed by atoms with Gasteiger partial charge in [0.2, 0.25) is 11.8 Å². The number of hydrogen-bond acceptors (Lipinski definition) is 5. The van der Waals surface area contributed by atoms with Crippen LogP contribution in [0.1, 0.15) is 33.8 Å². The molecule has 0 aliphatic rings. The molecule has 0 amide bonds. The second kappa shape index (κ2) is 6.78.